The standard InChI is InChI=1S/C80H99F2N8O17P/c1-6-106-108(98,55-99-5)80(81,82)62-30-32-64-61(49-62)50-66(84-64)75(94)86-67-52-88(38-37-63-31-34-68(90(63)77(67)96)76(95)85-65(33-36-71(83)91)74(93)87-73(59-24-15-9-16-25-59)60-26-17-10-18-27-60)72(92)28-19-40-100-42-44-102-46-47-103-45-43-101-41-39-89(78(97)107-79(2,3)4)51-58-29-35-69(104-53-56-20-11-7-12-21-56)70(48-58)105-54-57-22-13-8-14-23-57/h7-18,20-27,29-30,32,35,48-50,63,65,67-68,73,84H,6,19,28,31,33-34,36-47,51-55H2,1-5H3,(H2,83,91)(H,85,95)(H,86,94)(H,87,93)/t63-,65+,67+,68+,108?/m1/s1. The number of benzene rings is 6. The van der Waals surface area contributed by atoms with E-state index in [2.05, 4.69) is 20.9 Å². The molecule has 0 aliphatic carbocycles. The predicted molar refractivity (Wildman–Crippen MR) is 400 cm³/mol. The number of amides is 7. The number of H-pyrrole nitrogens is 1. The van der Waals surface area contributed by atoms with Crippen LogP contribution in [-0.2, 0) is 86.9 Å². The summed E-state index contributed by atoms with van der Waals surface area (Å²) in [7, 11) is -3.59. The molecule has 580 valence electrons. The van der Waals surface area contributed by atoms with Gasteiger partial charge in [-0.05, 0) is 118 Å². The highest BCUT2D eigenvalue weighted by atomic mass is 31.2. The fourth-order valence-electron chi connectivity index (χ4n) is 12.7. The molecule has 9 rings (SSSR count). The molecule has 0 spiro atoms. The molecule has 2 aliphatic heterocycles. The molecule has 25 nitrogen and oxygen atoms in total. The molecule has 2 fully saturated rings. The molecule has 6 N–H and O–H groups in total. The molecule has 0 radical (unpaired) electrons. The smallest absolute Gasteiger partial charge is 0.410 e. The Kier molecular flexibility index (Phi) is 31.0. The van der Waals surface area contributed by atoms with Gasteiger partial charge in [-0.15, -0.1) is 0 Å². The molecule has 2 saturated heterocycles. The van der Waals surface area contributed by atoms with Crippen LogP contribution in [0.25, 0.3) is 10.9 Å². The molecular formula is C80H99F2N8O17P. The molecule has 7 amide bonds. The zero-order chi connectivity index (χ0) is 77.1. The Morgan fingerprint density at radius 3 is 1.87 bits per heavy atom. The van der Waals surface area contributed by atoms with Crippen LogP contribution in [0.4, 0.5) is 13.6 Å². The van der Waals surface area contributed by atoms with Gasteiger partial charge in [-0.25, -0.2) is 4.79 Å². The van der Waals surface area contributed by atoms with Crippen LogP contribution in [0.5, 0.6) is 11.5 Å². The van der Waals surface area contributed by atoms with Crippen LogP contribution in [0, 0.1) is 0 Å². The van der Waals surface area contributed by atoms with Gasteiger partial charge in [0.05, 0.1) is 58.9 Å². The van der Waals surface area contributed by atoms with Crippen LogP contribution < -0.4 is 31.2 Å². The Morgan fingerprint density at radius 2 is 1.28 bits per heavy atom. The van der Waals surface area contributed by atoms with Crippen molar-refractivity contribution in [2.45, 2.75) is 134 Å². The summed E-state index contributed by atoms with van der Waals surface area (Å²) in [5.74, 6) is -2.76. The van der Waals surface area contributed by atoms with E-state index in [9.17, 15) is 33.3 Å². The number of primary amides is 1. The Labute approximate surface area is 628 Å². The molecule has 1 aromatic heterocycles. The third-order valence-corrected chi connectivity index (χ3v) is 20.5. The van der Waals surface area contributed by atoms with E-state index in [0.717, 1.165) is 47.1 Å². The number of nitrogens with one attached hydrogen (secondary N) is 4. The first kappa shape index (κ1) is 82.5. The molecule has 5 atom stereocenters. The van der Waals surface area contributed by atoms with Crippen molar-refractivity contribution in [2.24, 2.45) is 5.73 Å². The molecule has 3 heterocycles. The number of rotatable bonds is 41. The van der Waals surface area contributed by atoms with Crippen molar-refractivity contribution in [3.05, 3.63) is 203 Å². The topological polar surface area (TPSA) is 307 Å². The number of aromatic nitrogens is 1. The summed E-state index contributed by atoms with van der Waals surface area (Å²) < 4.78 is 96.9. The third kappa shape index (κ3) is 23.9. The summed E-state index contributed by atoms with van der Waals surface area (Å²) in [6.07, 6.45) is -0.742. The minimum absolute atomic E-state index is 0.00913. The Hall–Kier alpha value is -9.60. The van der Waals surface area contributed by atoms with Crippen molar-refractivity contribution in [1.82, 2.24) is 35.6 Å². The van der Waals surface area contributed by atoms with E-state index in [0.29, 0.717) is 37.6 Å². The van der Waals surface area contributed by atoms with Gasteiger partial charge in [0, 0.05) is 75.2 Å². The Bertz CT molecular complexity index is 4070. The maximum absolute atomic E-state index is 16.0. The van der Waals surface area contributed by atoms with E-state index >= 15 is 13.6 Å². The first-order valence-electron chi connectivity index (χ1n) is 36.4. The first-order chi connectivity index (χ1) is 52.0. The number of ether oxygens (including phenoxy) is 8. The van der Waals surface area contributed by atoms with Gasteiger partial charge in [-0.2, -0.15) is 8.78 Å². The summed E-state index contributed by atoms with van der Waals surface area (Å²) in [4.78, 5) is 106. The summed E-state index contributed by atoms with van der Waals surface area (Å²) in [5.41, 5.74) is 4.64. The van der Waals surface area contributed by atoms with Gasteiger partial charge in [0.1, 0.15) is 49.0 Å². The van der Waals surface area contributed by atoms with Gasteiger partial charge in [0.15, 0.2) is 11.5 Å². The van der Waals surface area contributed by atoms with E-state index in [1.165, 1.54) is 28.9 Å². The van der Waals surface area contributed by atoms with Crippen LogP contribution in [0.2, 0.25) is 0 Å². The molecule has 0 saturated carbocycles. The fraction of sp³-hybridized carbons (Fsp3) is 0.438. The maximum Gasteiger partial charge on any atom is 0.410 e. The SMILES string of the molecule is CCOP(=O)(COC)C(F)(F)c1ccc2[nH]c(C(=O)N[C@H]3CN(C(=O)CCCOCCOCCOCCOCCN(Cc4ccc(OCc5ccccc5)c(OCc5ccccc5)c4)C(=O)OC(C)(C)C)CC[C@H]4CC[C@@H](C(=O)N[C@@H](CCC(N)=O)C(=O)NC(c5ccccc5)c5ccccc5)N4C3=O)cc2c1. The Balaban J connectivity index is 0.762. The molecule has 1 unspecified atom stereocenters. The average Bonchev–Trinajstić information content (AvgIpc) is 1.46. The van der Waals surface area contributed by atoms with Gasteiger partial charge in [0.2, 0.25) is 29.5 Å². The van der Waals surface area contributed by atoms with Crippen LogP contribution >= 0.6 is 7.37 Å². The maximum atomic E-state index is 16.0. The minimum atomic E-state index is -4.72. The lowest BCUT2D eigenvalue weighted by Gasteiger charge is -2.39. The van der Waals surface area contributed by atoms with Crippen LogP contribution in [-0.4, -0.2) is 184 Å². The summed E-state index contributed by atoms with van der Waals surface area (Å²) >= 11 is 0. The van der Waals surface area contributed by atoms with E-state index in [1.807, 2.05) is 160 Å². The van der Waals surface area contributed by atoms with Crippen molar-refractivity contribution in [3.8, 4) is 11.5 Å². The second kappa shape index (κ2) is 40.6. The highest BCUT2D eigenvalue weighted by Gasteiger charge is 2.53. The zero-order valence-corrected chi connectivity index (χ0v) is 62.7. The van der Waals surface area contributed by atoms with Crippen LogP contribution in [0.1, 0.15) is 123 Å². The van der Waals surface area contributed by atoms with E-state index in [4.69, 9.17) is 48.2 Å². The van der Waals surface area contributed by atoms with Crippen molar-refractivity contribution in [1.29, 1.82) is 0 Å². The second-order valence-corrected chi connectivity index (χ2v) is 29.7. The average molecular weight is 1510 g/mol. The molecule has 0 bridgehead atoms. The highest BCUT2D eigenvalue weighted by molar-refractivity contribution is 7.59. The molecule has 6 aromatic carbocycles. The largest absolute Gasteiger partial charge is 0.485 e. The Morgan fingerprint density at radius 1 is 0.685 bits per heavy atom. The summed E-state index contributed by atoms with van der Waals surface area (Å²) in [6, 6.07) is 43.3. The number of hydrogen-bond acceptors (Lipinski definition) is 17. The van der Waals surface area contributed by atoms with Crippen molar-refractivity contribution < 1.29 is 89.3 Å². The van der Waals surface area contributed by atoms with Crippen LogP contribution in [0.15, 0.2) is 164 Å². The lowest BCUT2D eigenvalue weighted by molar-refractivity contribution is -0.145. The second-order valence-electron chi connectivity index (χ2n) is 27.3. The van der Waals surface area contributed by atoms with Gasteiger partial charge in [0.25, 0.3) is 13.3 Å². The van der Waals surface area contributed by atoms with Crippen molar-refractivity contribution in [3.63, 3.8) is 0 Å². The quantitative estimate of drug-likeness (QED) is 0.0176. The lowest BCUT2D eigenvalue weighted by Crippen LogP contribution is -2.62. The number of carbonyl (C=O) groups is 7. The monoisotopic (exact) mass is 1510 g/mol. The number of carbonyl (C=O) groups excluding carboxylic acids is 7. The summed E-state index contributed by atoms with van der Waals surface area (Å²) in [5, 5.41) is 8.77. The van der Waals surface area contributed by atoms with Crippen molar-refractivity contribution >= 4 is 59.8 Å². The van der Waals surface area contributed by atoms with Gasteiger partial charge >= 0.3 is 11.8 Å². The molecule has 2 aliphatic rings. The number of hydrogen-bond donors (Lipinski definition) is 5. The number of halogens is 2. The summed E-state index contributed by atoms with van der Waals surface area (Å²) in [6.45, 7) is 9.45. The molecule has 28 heteroatoms. The fourth-order valence-corrected chi connectivity index (χ4v) is 14.4. The van der Waals surface area contributed by atoms with Crippen molar-refractivity contribution in [2.75, 3.05) is 92.6 Å². The zero-order valence-electron chi connectivity index (χ0n) is 61.8. The first-order valence-corrected chi connectivity index (χ1v) is 38.2. The third-order valence-electron chi connectivity index (χ3n) is 18.1. The molecular weight excluding hydrogens is 1410 g/mol. The van der Waals surface area contributed by atoms with Gasteiger partial charge in [-0.1, -0.05) is 133 Å². The van der Waals surface area contributed by atoms with E-state index in [-0.39, 0.29) is 140 Å². The number of alkyl halides is 2. The lowest BCUT2D eigenvalue weighted by atomic mass is 9.98. The normalized spacial score (nSPS) is 16.2. The number of methoxy groups -OCH3 is 1. The minimum Gasteiger partial charge on any atom is -0.485 e. The number of aromatic amines is 1. The molecule has 7 aromatic rings. The van der Waals surface area contributed by atoms with Gasteiger partial charge < -0.3 is 83.8 Å². The van der Waals surface area contributed by atoms with E-state index in [1.54, 1.807) is 4.90 Å². The molecule has 108 heavy (non-hydrogen) atoms. The number of nitrogens with two attached hydrogens (primary N) is 1. The highest BCUT2D eigenvalue weighted by Crippen LogP contribution is 2.66. The van der Waals surface area contributed by atoms with Gasteiger partial charge in [-0.3, -0.25) is 33.3 Å². The number of fused-ring (bicyclic) bond motifs is 2. The van der Waals surface area contributed by atoms with Crippen LogP contribution in [0.3, 0.4) is 0 Å². The predicted octanol–water partition coefficient (Wildman–Crippen LogP) is 10.9. The van der Waals surface area contributed by atoms with E-state index < -0.39 is 96.4 Å². The number of nitrogens with zero attached hydrogens (tertiary/aromatic N) is 3.